The van der Waals surface area contributed by atoms with Crippen LogP contribution in [0.5, 0.6) is 0 Å². The van der Waals surface area contributed by atoms with Gasteiger partial charge in [0, 0.05) is 6.54 Å². The van der Waals surface area contributed by atoms with E-state index in [-0.39, 0.29) is 12.5 Å². The molecule has 1 fully saturated rings. The van der Waals surface area contributed by atoms with E-state index in [1.54, 1.807) is 13.8 Å². The quantitative estimate of drug-likeness (QED) is 0.358. The maximum atomic E-state index is 12.8. The van der Waals surface area contributed by atoms with Crippen LogP contribution in [0.2, 0.25) is 0 Å². The third-order valence-electron chi connectivity index (χ3n) is 4.79. The van der Waals surface area contributed by atoms with Crippen molar-refractivity contribution in [2.75, 3.05) is 13.1 Å². The maximum Gasteiger partial charge on any atom is 0.410 e. The lowest BCUT2D eigenvalue weighted by Crippen LogP contribution is -2.55. The number of amides is 4. The van der Waals surface area contributed by atoms with Crippen molar-refractivity contribution < 1.29 is 29.1 Å². The Morgan fingerprint density at radius 1 is 1.20 bits per heavy atom. The Hall–Kier alpha value is -3.14. The summed E-state index contributed by atoms with van der Waals surface area (Å²) in [5, 5.41) is 13.5. The third-order valence-corrected chi connectivity index (χ3v) is 4.79. The van der Waals surface area contributed by atoms with E-state index in [9.17, 15) is 19.2 Å². The minimum absolute atomic E-state index is 0.106. The van der Waals surface area contributed by atoms with Crippen LogP contribution in [-0.4, -0.2) is 59.1 Å². The van der Waals surface area contributed by atoms with E-state index in [4.69, 9.17) is 9.94 Å². The number of rotatable bonds is 8. The van der Waals surface area contributed by atoms with Crippen LogP contribution in [0, 0.1) is 5.92 Å². The smallest absolute Gasteiger partial charge is 0.410 e. The fourth-order valence-corrected chi connectivity index (χ4v) is 3.16. The number of carbonyl (C=O) groups is 4. The summed E-state index contributed by atoms with van der Waals surface area (Å²) in [6, 6.07) is 7.60. The minimum Gasteiger partial charge on any atom is -0.445 e. The SMILES string of the molecule is CC(C)[C@H](NC(=O)[C@@H]1CCCN1C(=O)OCc1ccccc1)C(=O)NCC(=O)NO. The van der Waals surface area contributed by atoms with Gasteiger partial charge >= 0.3 is 6.09 Å². The van der Waals surface area contributed by atoms with Gasteiger partial charge in [0.1, 0.15) is 18.7 Å². The number of hydrogen-bond acceptors (Lipinski definition) is 6. The van der Waals surface area contributed by atoms with Gasteiger partial charge in [-0.05, 0) is 24.3 Å². The van der Waals surface area contributed by atoms with Gasteiger partial charge in [-0.15, -0.1) is 0 Å². The molecular weight excluding hydrogens is 392 g/mol. The zero-order valence-corrected chi connectivity index (χ0v) is 17.1. The summed E-state index contributed by atoms with van der Waals surface area (Å²) in [5.41, 5.74) is 2.26. The summed E-state index contributed by atoms with van der Waals surface area (Å²) in [4.78, 5) is 50.1. The highest BCUT2D eigenvalue weighted by atomic mass is 16.6. The number of ether oxygens (including phenoxy) is 1. The van der Waals surface area contributed by atoms with Crippen LogP contribution in [0.1, 0.15) is 32.3 Å². The summed E-state index contributed by atoms with van der Waals surface area (Å²) in [6.45, 7) is 3.57. The molecule has 2 rings (SSSR count). The first kappa shape index (κ1) is 23.1. The van der Waals surface area contributed by atoms with Gasteiger partial charge in [-0.3, -0.25) is 24.5 Å². The molecule has 4 N–H and O–H groups in total. The Balaban J connectivity index is 1.94. The van der Waals surface area contributed by atoms with Crippen LogP contribution in [0.4, 0.5) is 4.79 Å². The predicted molar refractivity (Wildman–Crippen MR) is 106 cm³/mol. The second kappa shape index (κ2) is 11.1. The van der Waals surface area contributed by atoms with E-state index in [1.165, 1.54) is 10.4 Å². The third kappa shape index (κ3) is 6.45. The molecule has 0 spiro atoms. The minimum atomic E-state index is -0.896. The van der Waals surface area contributed by atoms with Crippen LogP contribution in [0.3, 0.4) is 0 Å². The molecule has 1 aromatic rings. The highest BCUT2D eigenvalue weighted by Gasteiger charge is 2.37. The average Bonchev–Trinajstić information content (AvgIpc) is 3.24. The molecule has 10 nitrogen and oxygen atoms in total. The number of nitrogens with one attached hydrogen (secondary N) is 3. The van der Waals surface area contributed by atoms with Crippen molar-refractivity contribution in [3.05, 3.63) is 35.9 Å². The fraction of sp³-hybridized carbons (Fsp3) is 0.500. The van der Waals surface area contributed by atoms with E-state index in [1.807, 2.05) is 30.3 Å². The van der Waals surface area contributed by atoms with Gasteiger partial charge in [-0.1, -0.05) is 44.2 Å². The number of hydroxylamine groups is 1. The summed E-state index contributed by atoms with van der Waals surface area (Å²) in [7, 11) is 0. The highest BCUT2D eigenvalue weighted by molar-refractivity contribution is 5.93. The Kier molecular flexibility index (Phi) is 8.60. The molecule has 0 aromatic heterocycles. The van der Waals surface area contributed by atoms with Gasteiger partial charge in [0.05, 0.1) is 6.54 Å². The molecule has 30 heavy (non-hydrogen) atoms. The van der Waals surface area contributed by atoms with Crippen LogP contribution < -0.4 is 16.1 Å². The first-order chi connectivity index (χ1) is 14.3. The fourth-order valence-electron chi connectivity index (χ4n) is 3.16. The lowest BCUT2D eigenvalue weighted by molar-refractivity contribution is -0.134. The Morgan fingerprint density at radius 3 is 2.53 bits per heavy atom. The molecule has 10 heteroatoms. The molecule has 0 saturated carbocycles. The maximum absolute atomic E-state index is 12.8. The predicted octanol–water partition coefficient (Wildman–Crippen LogP) is 0.550. The van der Waals surface area contributed by atoms with Crippen LogP contribution in [0.25, 0.3) is 0 Å². The number of likely N-dealkylation sites (tertiary alicyclic amines) is 1. The van der Waals surface area contributed by atoms with Crippen molar-refractivity contribution in [2.24, 2.45) is 5.92 Å². The molecule has 4 amide bonds. The molecule has 0 radical (unpaired) electrons. The Bertz CT molecular complexity index is 755. The molecule has 0 unspecified atom stereocenters. The summed E-state index contributed by atoms with van der Waals surface area (Å²) in [5.74, 6) is -2.05. The standard InChI is InChI=1S/C20H28N4O6/c1-13(2)17(19(27)21-11-16(25)23-29)22-18(26)15-9-6-10-24(15)20(28)30-12-14-7-4-3-5-8-14/h3-5,7-8,13,15,17,29H,6,9-12H2,1-2H3,(H,21,27)(H,22,26)(H,23,25)/t15-,17-/m0/s1. The van der Waals surface area contributed by atoms with E-state index in [0.717, 1.165) is 5.56 Å². The molecule has 0 aliphatic carbocycles. The Labute approximate surface area is 174 Å². The molecule has 164 valence electrons. The molecular formula is C20H28N4O6. The van der Waals surface area contributed by atoms with E-state index in [0.29, 0.717) is 19.4 Å². The van der Waals surface area contributed by atoms with Crippen LogP contribution in [0.15, 0.2) is 30.3 Å². The zero-order chi connectivity index (χ0) is 22.1. The normalized spacial score (nSPS) is 16.7. The monoisotopic (exact) mass is 420 g/mol. The van der Waals surface area contributed by atoms with Crippen molar-refractivity contribution in [1.82, 2.24) is 21.0 Å². The van der Waals surface area contributed by atoms with Crippen molar-refractivity contribution >= 4 is 23.8 Å². The first-order valence-corrected chi connectivity index (χ1v) is 9.81. The van der Waals surface area contributed by atoms with Crippen molar-refractivity contribution in [1.29, 1.82) is 0 Å². The van der Waals surface area contributed by atoms with Gasteiger partial charge in [-0.25, -0.2) is 10.3 Å². The van der Waals surface area contributed by atoms with Gasteiger partial charge < -0.3 is 15.4 Å². The van der Waals surface area contributed by atoms with Crippen molar-refractivity contribution in [3.63, 3.8) is 0 Å². The average molecular weight is 420 g/mol. The van der Waals surface area contributed by atoms with Crippen LogP contribution >= 0.6 is 0 Å². The number of hydrogen-bond donors (Lipinski definition) is 4. The van der Waals surface area contributed by atoms with Gasteiger partial charge in [0.2, 0.25) is 11.8 Å². The van der Waals surface area contributed by atoms with E-state index < -0.39 is 42.4 Å². The Morgan fingerprint density at radius 2 is 1.90 bits per heavy atom. The van der Waals surface area contributed by atoms with Gasteiger partial charge in [0.25, 0.3) is 5.91 Å². The molecule has 1 aliphatic heterocycles. The van der Waals surface area contributed by atoms with E-state index in [2.05, 4.69) is 10.6 Å². The summed E-state index contributed by atoms with van der Waals surface area (Å²) >= 11 is 0. The zero-order valence-electron chi connectivity index (χ0n) is 17.1. The highest BCUT2D eigenvalue weighted by Crippen LogP contribution is 2.20. The largest absolute Gasteiger partial charge is 0.445 e. The molecule has 1 aliphatic rings. The van der Waals surface area contributed by atoms with Gasteiger partial charge in [-0.2, -0.15) is 0 Å². The molecule has 0 bridgehead atoms. The topological polar surface area (TPSA) is 137 Å². The number of carbonyl (C=O) groups excluding carboxylic acids is 4. The number of benzene rings is 1. The lowest BCUT2D eigenvalue weighted by Gasteiger charge is -2.27. The molecule has 2 atom stereocenters. The number of nitrogens with zero attached hydrogens (tertiary/aromatic N) is 1. The van der Waals surface area contributed by atoms with Crippen LogP contribution in [-0.2, 0) is 25.7 Å². The summed E-state index contributed by atoms with van der Waals surface area (Å²) < 4.78 is 5.33. The van der Waals surface area contributed by atoms with Crippen molar-refractivity contribution in [2.45, 2.75) is 45.4 Å². The molecule has 1 heterocycles. The lowest BCUT2D eigenvalue weighted by atomic mass is 10.0. The molecule has 1 aromatic carbocycles. The van der Waals surface area contributed by atoms with Crippen molar-refractivity contribution in [3.8, 4) is 0 Å². The second-order valence-electron chi connectivity index (χ2n) is 7.37. The summed E-state index contributed by atoms with van der Waals surface area (Å²) in [6.07, 6.45) is 0.529. The molecule has 1 saturated heterocycles. The van der Waals surface area contributed by atoms with E-state index >= 15 is 0 Å². The van der Waals surface area contributed by atoms with Gasteiger partial charge in [0.15, 0.2) is 0 Å². The second-order valence-corrected chi connectivity index (χ2v) is 7.37. The first-order valence-electron chi connectivity index (χ1n) is 9.81.